The van der Waals surface area contributed by atoms with Crippen LogP contribution in [0.25, 0.3) is 16.9 Å². The average molecular weight is 414 g/mol. The molecule has 0 fully saturated rings. The Morgan fingerprint density at radius 3 is 2.55 bits per heavy atom. The molecule has 0 bridgehead atoms. The molecule has 0 aliphatic rings. The topological polar surface area (TPSA) is 66.2 Å². The molecule has 0 saturated carbocycles. The fourth-order valence-electron chi connectivity index (χ4n) is 3.94. The predicted octanol–water partition coefficient (Wildman–Crippen LogP) is 3.44. The van der Waals surface area contributed by atoms with E-state index in [2.05, 4.69) is 18.4 Å². The van der Waals surface area contributed by atoms with Crippen molar-refractivity contribution in [3.05, 3.63) is 67.1 Å². The molecule has 0 radical (unpaired) electrons. The van der Waals surface area contributed by atoms with Gasteiger partial charge >= 0.3 is 5.69 Å². The standard InChI is InChI=1S/C21H24ClN5O2/c1-6-12(2)26-13(3)14(4)27-17-18(23-20(26)27)24(5)21(29)25(19(17)28)11-15-8-7-9-16(22)10-15/h7-10,12H,6,11H2,1-5H3. The minimum atomic E-state index is -0.396. The number of halogens is 1. The van der Waals surface area contributed by atoms with Crippen LogP contribution in [0.5, 0.6) is 0 Å². The van der Waals surface area contributed by atoms with Crippen molar-refractivity contribution < 1.29 is 0 Å². The number of rotatable bonds is 4. The largest absolute Gasteiger partial charge is 0.332 e. The highest BCUT2D eigenvalue weighted by molar-refractivity contribution is 6.30. The molecule has 0 spiro atoms. The smallest absolute Gasteiger partial charge is 0.311 e. The first kappa shape index (κ1) is 19.5. The van der Waals surface area contributed by atoms with E-state index in [0.717, 1.165) is 23.4 Å². The van der Waals surface area contributed by atoms with Crippen LogP contribution in [0.1, 0.15) is 43.3 Å². The van der Waals surface area contributed by atoms with E-state index < -0.39 is 5.69 Å². The molecular formula is C21H24ClN5O2. The zero-order valence-electron chi connectivity index (χ0n) is 17.2. The second kappa shape index (κ2) is 6.91. The second-order valence-corrected chi connectivity index (χ2v) is 8.02. The molecule has 4 aromatic rings. The highest BCUT2D eigenvalue weighted by atomic mass is 35.5. The summed E-state index contributed by atoms with van der Waals surface area (Å²) in [5.41, 5.74) is 2.89. The first-order valence-electron chi connectivity index (χ1n) is 9.70. The zero-order chi connectivity index (χ0) is 21.0. The van der Waals surface area contributed by atoms with Crippen LogP contribution < -0.4 is 11.2 Å². The van der Waals surface area contributed by atoms with Gasteiger partial charge in [-0.15, -0.1) is 0 Å². The lowest BCUT2D eigenvalue weighted by molar-refractivity contribution is 0.532. The Morgan fingerprint density at radius 1 is 1.17 bits per heavy atom. The van der Waals surface area contributed by atoms with Gasteiger partial charge in [0.2, 0.25) is 5.78 Å². The summed E-state index contributed by atoms with van der Waals surface area (Å²) in [5, 5.41) is 0.567. The number of aryl methyl sites for hydroxylation is 2. The maximum atomic E-state index is 13.4. The third-order valence-electron chi connectivity index (χ3n) is 5.82. The lowest BCUT2D eigenvalue weighted by Crippen LogP contribution is -2.39. The summed E-state index contributed by atoms with van der Waals surface area (Å²) in [4.78, 5) is 31.1. The molecule has 0 aliphatic carbocycles. The van der Waals surface area contributed by atoms with Crippen LogP contribution in [-0.4, -0.2) is 23.1 Å². The SMILES string of the molecule is CCC(C)n1c(C)c(C)n2c3c(=O)n(Cc4cccc(Cl)c4)c(=O)n(C)c3nc12. The predicted molar refractivity (Wildman–Crippen MR) is 115 cm³/mol. The maximum Gasteiger partial charge on any atom is 0.332 e. The van der Waals surface area contributed by atoms with Gasteiger partial charge in [-0.1, -0.05) is 30.7 Å². The minimum Gasteiger partial charge on any atom is -0.311 e. The summed E-state index contributed by atoms with van der Waals surface area (Å²) in [5.74, 6) is 0.692. The van der Waals surface area contributed by atoms with Gasteiger partial charge in [-0.05, 0) is 44.9 Å². The van der Waals surface area contributed by atoms with E-state index in [4.69, 9.17) is 16.6 Å². The van der Waals surface area contributed by atoms with Crippen molar-refractivity contribution in [1.82, 2.24) is 23.1 Å². The molecule has 1 aromatic carbocycles. The van der Waals surface area contributed by atoms with Crippen molar-refractivity contribution in [3.63, 3.8) is 0 Å². The van der Waals surface area contributed by atoms with E-state index in [1.54, 1.807) is 19.2 Å². The van der Waals surface area contributed by atoms with Gasteiger partial charge in [0, 0.05) is 29.5 Å². The van der Waals surface area contributed by atoms with Gasteiger partial charge in [-0.3, -0.25) is 18.3 Å². The number of imidazole rings is 2. The van der Waals surface area contributed by atoms with E-state index in [-0.39, 0.29) is 18.1 Å². The number of benzene rings is 1. The highest BCUT2D eigenvalue weighted by Gasteiger charge is 2.24. The zero-order valence-corrected chi connectivity index (χ0v) is 18.0. The summed E-state index contributed by atoms with van der Waals surface area (Å²) >= 11 is 6.07. The number of fused-ring (bicyclic) bond motifs is 3. The van der Waals surface area contributed by atoms with Gasteiger partial charge in [0.15, 0.2) is 11.2 Å². The first-order valence-corrected chi connectivity index (χ1v) is 10.1. The van der Waals surface area contributed by atoms with Crippen molar-refractivity contribution >= 4 is 28.5 Å². The van der Waals surface area contributed by atoms with Gasteiger partial charge in [-0.2, -0.15) is 4.98 Å². The molecule has 0 N–H and O–H groups in total. The van der Waals surface area contributed by atoms with Gasteiger partial charge < -0.3 is 4.57 Å². The van der Waals surface area contributed by atoms with Crippen molar-refractivity contribution in [2.24, 2.45) is 7.05 Å². The van der Waals surface area contributed by atoms with Crippen LogP contribution in [0.2, 0.25) is 5.02 Å². The van der Waals surface area contributed by atoms with Gasteiger partial charge in [0.1, 0.15) is 0 Å². The average Bonchev–Trinajstić information content (AvgIpc) is 3.19. The van der Waals surface area contributed by atoms with Gasteiger partial charge in [-0.25, -0.2) is 4.79 Å². The van der Waals surface area contributed by atoms with Crippen LogP contribution in [-0.2, 0) is 13.6 Å². The van der Waals surface area contributed by atoms with Crippen molar-refractivity contribution in [2.75, 3.05) is 0 Å². The second-order valence-electron chi connectivity index (χ2n) is 7.58. The molecule has 4 rings (SSSR count). The molecule has 1 unspecified atom stereocenters. The maximum absolute atomic E-state index is 13.4. The number of nitrogens with zero attached hydrogens (tertiary/aromatic N) is 5. The molecular weight excluding hydrogens is 390 g/mol. The first-order chi connectivity index (χ1) is 13.8. The van der Waals surface area contributed by atoms with Crippen LogP contribution in [0.4, 0.5) is 0 Å². The van der Waals surface area contributed by atoms with Crippen LogP contribution in [0.3, 0.4) is 0 Å². The fraction of sp³-hybridized carbons (Fsp3) is 0.381. The summed E-state index contributed by atoms with van der Waals surface area (Å²) in [7, 11) is 1.65. The van der Waals surface area contributed by atoms with Gasteiger partial charge in [0.25, 0.3) is 5.56 Å². The molecule has 29 heavy (non-hydrogen) atoms. The van der Waals surface area contributed by atoms with E-state index in [1.807, 2.05) is 30.4 Å². The van der Waals surface area contributed by atoms with Crippen LogP contribution in [0.15, 0.2) is 33.9 Å². The molecule has 3 aromatic heterocycles. The van der Waals surface area contributed by atoms with Crippen LogP contribution >= 0.6 is 11.6 Å². The quantitative estimate of drug-likeness (QED) is 0.514. The van der Waals surface area contributed by atoms with Crippen LogP contribution in [0, 0.1) is 13.8 Å². The van der Waals surface area contributed by atoms with E-state index >= 15 is 0 Å². The number of hydrogen-bond acceptors (Lipinski definition) is 3. The van der Waals surface area contributed by atoms with E-state index in [0.29, 0.717) is 22.0 Å². The molecule has 3 heterocycles. The molecule has 1 atom stereocenters. The van der Waals surface area contributed by atoms with Gasteiger partial charge in [0.05, 0.1) is 6.54 Å². The number of hydrogen-bond donors (Lipinski definition) is 0. The highest BCUT2D eigenvalue weighted by Crippen LogP contribution is 2.25. The fourth-order valence-corrected chi connectivity index (χ4v) is 4.16. The Balaban J connectivity index is 2.07. The Kier molecular flexibility index (Phi) is 4.65. The third-order valence-corrected chi connectivity index (χ3v) is 6.06. The van der Waals surface area contributed by atoms with Crippen molar-refractivity contribution in [1.29, 1.82) is 0 Å². The lowest BCUT2D eigenvalue weighted by Gasteiger charge is -2.13. The van der Waals surface area contributed by atoms with Crippen molar-refractivity contribution in [3.8, 4) is 0 Å². The van der Waals surface area contributed by atoms with Crippen molar-refractivity contribution in [2.45, 2.75) is 46.7 Å². The summed E-state index contributed by atoms with van der Waals surface area (Å²) in [6.45, 7) is 8.41. The summed E-state index contributed by atoms with van der Waals surface area (Å²) < 4.78 is 6.72. The Hall–Kier alpha value is -2.80. The lowest BCUT2D eigenvalue weighted by atomic mass is 10.2. The van der Waals surface area contributed by atoms with E-state index in [1.165, 1.54) is 9.13 Å². The summed E-state index contributed by atoms with van der Waals surface area (Å²) in [6, 6.07) is 7.41. The number of aromatic nitrogens is 5. The molecule has 8 heteroatoms. The Bertz CT molecular complexity index is 1370. The Morgan fingerprint density at radius 2 is 1.90 bits per heavy atom. The molecule has 0 saturated heterocycles. The summed E-state index contributed by atoms with van der Waals surface area (Å²) in [6.07, 6.45) is 0.936. The molecule has 0 amide bonds. The normalized spacial score (nSPS) is 12.9. The minimum absolute atomic E-state index is 0.152. The Labute approximate surface area is 172 Å². The molecule has 152 valence electrons. The monoisotopic (exact) mass is 413 g/mol. The van der Waals surface area contributed by atoms with E-state index in [9.17, 15) is 9.59 Å². The molecule has 7 nitrogen and oxygen atoms in total. The molecule has 0 aliphatic heterocycles. The third kappa shape index (κ3) is 2.83.